The predicted octanol–water partition coefficient (Wildman–Crippen LogP) is 2.20. The predicted molar refractivity (Wildman–Crippen MR) is 72.5 cm³/mol. The Balaban J connectivity index is 0.00000144. The van der Waals surface area contributed by atoms with E-state index in [0.717, 1.165) is 25.4 Å². The maximum absolute atomic E-state index is 12.1. The van der Waals surface area contributed by atoms with E-state index in [9.17, 15) is 4.79 Å². The Labute approximate surface area is 111 Å². The van der Waals surface area contributed by atoms with Crippen LogP contribution in [0.15, 0.2) is 0 Å². The summed E-state index contributed by atoms with van der Waals surface area (Å²) in [6, 6.07) is 0.0974. The zero-order valence-electron chi connectivity index (χ0n) is 10.8. The van der Waals surface area contributed by atoms with Crippen LogP contribution in [0.5, 0.6) is 0 Å². The monoisotopic (exact) mass is 260 g/mol. The molecule has 2 rings (SSSR count). The third-order valence-corrected chi connectivity index (χ3v) is 3.99. The smallest absolute Gasteiger partial charge is 0.239 e. The van der Waals surface area contributed by atoms with E-state index in [2.05, 4.69) is 5.32 Å². The van der Waals surface area contributed by atoms with Gasteiger partial charge < -0.3 is 10.2 Å². The average molecular weight is 261 g/mol. The topological polar surface area (TPSA) is 32.3 Å². The number of hydrogen-bond donors (Lipinski definition) is 1. The highest BCUT2D eigenvalue weighted by molar-refractivity contribution is 5.85. The fourth-order valence-electron chi connectivity index (χ4n) is 3.00. The lowest BCUT2D eigenvalue weighted by Gasteiger charge is -2.29. The lowest BCUT2D eigenvalue weighted by Crippen LogP contribution is -2.48. The third kappa shape index (κ3) is 4.14. The van der Waals surface area contributed by atoms with Gasteiger partial charge in [0.1, 0.15) is 0 Å². The Morgan fingerprint density at radius 3 is 2.41 bits per heavy atom. The molecule has 0 aromatic heterocycles. The highest BCUT2D eigenvalue weighted by Crippen LogP contribution is 2.25. The molecule has 2 aliphatic rings. The maximum atomic E-state index is 12.1. The second kappa shape index (κ2) is 7.22. The van der Waals surface area contributed by atoms with Crippen molar-refractivity contribution in [2.45, 2.75) is 51.0 Å². The normalized spacial score (nSPS) is 25.4. The zero-order valence-corrected chi connectivity index (χ0v) is 11.6. The zero-order chi connectivity index (χ0) is 11.4. The molecule has 1 aliphatic heterocycles. The van der Waals surface area contributed by atoms with E-state index in [4.69, 9.17) is 0 Å². The average Bonchev–Trinajstić information content (AvgIpc) is 2.82. The van der Waals surface area contributed by atoms with Gasteiger partial charge in [-0.25, -0.2) is 0 Å². The molecule has 1 saturated heterocycles. The first-order valence-corrected chi connectivity index (χ1v) is 6.76. The van der Waals surface area contributed by atoms with Gasteiger partial charge in [0.2, 0.25) is 5.91 Å². The van der Waals surface area contributed by atoms with Crippen LogP contribution in [0.3, 0.4) is 0 Å². The van der Waals surface area contributed by atoms with Crippen molar-refractivity contribution in [3.8, 4) is 0 Å². The molecule has 3 nitrogen and oxygen atoms in total. The first-order chi connectivity index (χ1) is 7.77. The summed E-state index contributed by atoms with van der Waals surface area (Å²) in [4.78, 5) is 14.1. The molecule has 1 heterocycles. The number of hydrogen-bond acceptors (Lipinski definition) is 2. The molecule has 1 amide bonds. The van der Waals surface area contributed by atoms with Crippen LogP contribution in [0.1, 0.15) is 44.9 Å². The molecule has 2 fully saturated rings. The SMILES string of the molecule is CN(CC1CCCC1)C(=O)[C@H]1CCCCN1.Cl. The summed E-state index contributed by atoms with van der Waals surface area (Å²) in [7, 11) is 1.97. The van der Waals surface area contributed by atoms with Gasteiger partial charge >= 0.3 is 0 Å². The van der Waals surface area contributed by atoms with Crippen LogP contribution in [-0.4, -0.2) is 37.0 Å². The summed E-state index contributed by atoms with van der Waals surface area (Å²) in [5.74, 6) is 1.07. The summed E-state index contributed by atoms with van der Waals surface area (Å²) in [6.07, 6.45) is 8.78. The minimum atomic E-state index is 0. The first kappa shape index (κ1) is 14.8. The van der Waals surface area contributed by atoms with Gasteiger partial charge in [0.05, 0.1) is 6.04 Å². The van der Waals surface area contributed by atoms with Crippen molar-refractivity contribution in [3.63, 3.8) is 0 Å². The van der Waals surface area contributed by atoms with Crippen molar-refractivity contribution in [3.05, 3.63) is 0 Å². The molecule has 1 aliphatic carbocycles. The van der Waals surface area contributed by atoms with Crippen LogP contribution in [0.4, 0.5) is 0 Å². The fraction of sp³-hybridized carbons (Fsp3) is 0.923. The van der Waals surface area contributed by atoms with Gasteiger partial charge in [-0.3, -0.25) is 4.79 Å². The molecule has 0 radical (unpaired) electrons. The molecule has 17 heavy (non-hydrogen) atoms. The van der Waals surface area contributed by atoms with E-state index in [1.54, 1.807) is 0 Å². The van der Waals surface area contributed by atoms with E-state index in [0.29, 0.717) is 5.91 Å². The van der Waals surface area contributed by atoms with E-state index in [1.165, 1.54) is 38.5 Å². The Hall–Kier alpha value is -0.280. The molecule has 0 unspecified atom stereocenters. The Morgan fingerprint density at radius 1 is 1.18 bits per heavy atom. The highest BCUT2D eigenvalue weighted by atomic mass is 35.5. The number of nitrogens with zero attached hydrogens (tertiary/aromatic N) is 1. The number of amides is 1. The minimum absolute atomic E-state index is 0. The van der Waals surface area contributed by atoms with Gasteiger partial charge in [-0.2, -0.15) is 0 Å². The molecule has 0 bridgehead atoms. The van der Waals surface area contributed by atoms with Crippen LogP contribution < -0.4 is 5.32 Å². The number of halogens is 1. The number of piperidine rings is 1. The third-order valence-electron chi connectivity index (χ3n) is 3.99. The molecule has 100 valence electrons. The van der Waals surface area contributed by atoms with E-state index in [-0.39, 0.29) is 18.4 Å². The summed E-state index contributed by atoms with van der Waals surface area (Å²) < 4.78 is 0. The van der Waals surface area contributed by atoms with Gasteiger partial charge in [-0.15, -0.1) is 12.4 Å². The van der Waals surface area contributed by atoms with E-state index >= 15 is 0 Å². The lowest BCUT2D eigenvalue weighted by atomic mass is 10.0. The highest BCUT2D eigenvalue weighted by Gasteiger charge is 2.25. The molecule has 1 N–H and O–H groups in total. The number of carbonyl (C=O) groups excluding carboxylic acids is 1. The van der Waals surface area contributed by atoms with Crippen LogP contribution in [0.2, 0.25) is 0 Å². The van der Waals surface area contributed by atoms with Gasteiger partial charge in [-0.1, -0.05) is 19.3 Å². The molecule has 4 heteroatoms. The summed E-state index contributed by atoms with van der Waals surface area (Å²) >= 11 is 0. The fourth-order valence-corrected chi connectivity index (χ4v) is 3.00. The molecule has 0 spiro atoms. The van der Waals surface area contributed by atoms with Crippen LogP contribution in [0.25, 0.3) is 0 Å². The summed E-state index contributed by atoms with van der Waals surface area (Å²) in [6.45, 7) is 1.98. The van der Waals surface area contributed by atoms with Crippen LogP contribution in [0, 0.1) is 5.92 Å². The maximum Gasteiger partial charge on any atom is 0.239 e. The minimum Gasteiger partial charge on any atom is -0.344 e. The summed E-state index contributed by atoms with van der Waals surface area (Å²) in [5, 5.41) is 3.33. The molecule has 0 aromatic rings. The second-order valence-electron chi connectivity index (χ2n) is 5.37. The molecule has 1 saturated carbocycles. The van der Waals surface area contributed by atoms with E-state index in [1.807, 2.05) is 11.9 Å². The molecule has 1 atom stereocenters. The van der Waals surface area contributed by atoms with Crippen molar-refractivity contribution in [1.82, 2.24) is 10.2 Å². The number of rotatable bonds is 3. The largest absolute Gasteiger partial charge is 0.344 e. The standard InChI is InChI=1S/C13H24N2O.ClH/c1-15(10-11-6-2-3-7-11)13(16)12-8-4-5-9-14-12;/h11-12,14H,2-10H2,1H3;1H/t12-;/m1./s1. The molecular formula is C13H25ClN2O. The Morgan fingerprint density at radius 2 is 1.82 bits per heavy atom. The van der Waals surface area contributed by atoms with Gasteiger partial charge in [-0.05, 0) is 38.1 Å². The number of likely N-dealkylation sites (N-methyl/N-ethyl adjacent to an activating group) is 1. The Kier molecular flexibility index (Phi) is 6.28. The van der Waals surface area contributed by atoms with Gasteiger partial charge in [0, 0.05) is 13.6 Å². The molecular weight excluding hydrogens is 236 g/mol. The molecule has 0 aromatic carbocycles. The van der Waals surface area contributed by atoms with Crippen molar-refractivity contribution >= 4 is 18.3 Å². The second-order valence-corrected chi connectivity index (χ2v) is 5.37. The lowest BCUT2D eigenvalue weighted by molar-refractivity contribution is -0.133. The van der Waals surface area contributed by atoms with Crippen LogP contribution in [-0.2, 0) is 4.79 Å². The summed E-state index contributed by atoms with van der Waals surface area (Å²) in [5.41, 5.74) is 0. The first-order valence-electron chi connectivity index (χ1n) is 6.76. The van der Waals surface area contributed by atoms with Gasteiger partial charge in [0.15, 0.2) is 0 Å². The van der Waals surface area contributed by atoms with Crippen LogP contribution >= 0.6 is 12.4 Å². The number of carbonyl (C=O) groups is 1. The Bertz CT molecular complexity index is 236. The number of nitrogens with one attached hydrogen (secondary N) is 1. The van der Waals surface area contributed by atoms with Crippen molar-refractivity contribution in [1.29, 1.82) is 0 Å². The van der Waals surface area contributed by atoms with Gasteiger partial charge in [0.25, 0.3) is 0 Å². The van der Waals surface area contributed by atoms with Crippen molar-refractivity contribution in [2.24, 2.45) is 5.92 Å². The van der Waals surface area contributed by atoms with Crippen molar-refractivity contribution < 1.29 is 4.79 Å². The quantitative estimate of drug-likeness (QED) is 0.844. The van der Waals surface area contributed by atoms with E-state index < -0.39 is 0 Å². The van der Waals surface area contributed by atoms with Crippen molar-refractivity contribution in [2.75, 3.05) is 20.1 Å².